The van der Waals surface area contributed by atoms with Gasteiger partial charge in [-0.1, -0.05) is 0 Å². The predicted molar refractivity (Wildman–Crippen MR) is 77.5 cm³/mol. The quantitative estimate of drug-likeness (QED) is 0.364. The molecule has 0 fully saturated rings. The van der Waals surface area contributed by atoms with Gasteiger partial charge >= 0.3 is 124 Å². The topological polar surface area (TPSA) is 12.4 Å². The first-order chi connectivity index (χ1) is 7.76. The summed E-state index contributed by atoms with van der Waals surface area (Å²) in [6, 6.07) is 0. The summed E-state index contributed by atoms with van der Waals surface area (Å²) in [5.74, 6) is 1.23. The van der Waals surface area contributed by atoms with Crippen LogP contribution in [0, 0.1) is 22.7 Å². The van der Waals surface area contributed by atoms with E-state index in [0.29, 0.717) is 17.3 Å². The van der Waals surface area contributed by atoms with E-state index >= 15 is 0 Å². The molecule has 0 N–H and O–H groups in total. The molecular weight excluding hydrogens is 401 g/mol. The van der Waals surface area contributed by atoms with E-state index in [-0.39, 0.29) is 5.41 Å². The molecule has 0 aromatic heterocycles. The van der Waals surface area contributed by atoms with E-state index in [1.807, 2.05) is 0 Å². The molecule has 0 spiro atoms. The summed E-state index contributed by atoms with van der Waals surface area (Å²) in [6.07, 6.45) is 3.42. The third-order valence-corrected chi connectivity index (χ3v) is 6.64. The number of rotatable bonds is 3. The van der Waals surface area contributed by atoms with Gasteiger partial charge in [0.15, 0.2) is 0 Å². The molecule has 95 valence electrons. The van der Waals surface area contributed by atoms with Crippen LogP contribution in [0.2, 0.25) is 0 Å². The SMILES string of the molecule is CCC1(C)C(C)=C(C)C(C)(C(C)/C=[N]/[Pb])C1C. The van der Waals surface area contributed by atoms with Crippen LogP contribution in [0.5, 0.6) is 0 Å². The van der Waals surface area contributed by atoms with Crippen molar-refractivity contribution < 1.29 is 0 Å². The molecule has 0 aliphatic heterocycles. The van der Waals surface area contributed by atoms with Crippen LogP contribution in [0.25, 0.3) is 0 Å². The van der Waals surface area contributed by atoms with E-state index in [1.54, 1.807) is 11.1 Å². The van der Waals surface area contributed by atoms with Gasteiger partial charge in [0, 0.05) is 0 Å². The van der Waals surface area contributed by atoms with Crippen molar-refractivity contribution in [2.45, 2.75) is 54.9 Å². The molecule has 0 aromatic carbocycles. The average molecular weight is 428 g/mol. The van der Waals surface area contributed by atoms with Crippen molar-refractivity contribution in [3.8, 4) is 0 Å². The molecule has 1 nitrogen and oxygen atoms in total. The minimum atomic E-state index is 0.281. The van der Waals surface area contributed by atoms with E-state index in [4.69, 9.17) is 0 Å². The molecular formula is C15H26NPb. The maximum absolute atomic E-state index is 4.38. The Labute approximate surface area is 123 Å². The fraction of sp³-hybridized carbons (Fsp3) is 0.800. The van der Waals surface area contributed by atoms with Crippen molar-refractivity contribution in [3.63, 3.8) is 0 Å². The first kappa shape index (κ1) is 15.4. The summed E-state index contributed by atoms with van der Waals surface area (Å²) in [5, 5.41) is 0. The summed E-state index contributed by atoms with van der Waals surface area (Å²) in [5.41, 5.74) is 3.86. The third kappa shape index (κ3) is 2.06. The van der Waals surface area contributed by atoms with Gasteiger partial charge in [-0.2, -0.15) is 0 Å². The van der Waals surface area contributed by atoms with Crippen LogP contribution in [-0.2, 0) is 0 Å². The molecule has 1 aliphatic carbocycles. The number of allylic oxidation sites excluding steroid dienone is 2. The van der Waals surface area contributed by atoms with Gasteiger partial charge < -0.3 is 0 Å². The molecule has 4 unspecified atom stereocenters. The van der Waals surface area contributed by atoms with E-state index in [0.717, 1.165) is 26.1 Å². The van der Waals surface area contributed by atoms with Crippen LogP contribution < -0.4 is 0 Å². The van der Waals surface area contributed by atoms with Crippen molar-refractivity contribution in [3.05, 3.63) is 11.1 Å². The molecule has 3 radical (unpaired) electrons. The van der Waals surface area contributed by atoms with Crippen LogP contribution in [0.3, 0.4) is 0 Å². The van der Waals surface area contributed by atoms with Gasteiger partial charge in [0.05, 0.1) is 0 Å². The van der Waals surface area contributed by atoms with Crippen LogP contribution in [-0.4, -0.2) is 32.3 Å². The van der Waals surface area contributed by atoms with Crippen molar-refractivity contribution in [2.75, 3.05) is 0 Å². The number of nitrogens with zero attached hydrogens (tertiary/aromatic N) is 1. The Bertz CT molecular complexity index is 358. The zero-order chi connectivity index (χ0) is 13.4. The second-order valence-electron chi connectivity index (χ2n) is 6.09. The molecule has 0 saturated carbocycles. The summed E-state index contributed by atoms with van der Waals surface area (Å²) >= 11 is 0.919. The molecule has 0 bridgehead atoms. The van der Waals surface area contributed by atoms with Crippen LogP contribution in [0.1, 0.15) is 54.9 Å². The maximum atomic E-state index is 4.38. The van der Waals surface area contributed by atoms with Crippen LogP contribution >= 0.6 is 0 Å². The summed E-state index contributed by atoms with van der Waals surface area (Å²) in [4.78, 5) is 0. The first-order valence-electron chi connectivity index (χ1n) is 6.65. The van der Waals surface area contributed by atoms with Crippen molar-refractivity contribution in [2.24, 2.45) is 25.5 Å². The Kier molecular flexibility index (Phi) is 4.65. The normalized spacial score (nSPS) is 40.4. The predicted octanol–water partition coefficient (Wildman–Crippen LogP) is 4.19. The Hall–Kier alpha value is 0.332. The Morgan fingerprint density at radius 1 is 1.35 bits per heavy atom. The monoisotopic (exact) mass is 428 g/mol. The molecule has 1 aliphatic rings. The van der Waals surface area contributed by atoms with Gasteiger partial charge in [-0.15, -0.1) is 0 Å². The second kappa shape index (κ2) is 5.14. The Morgan fingerprint density at radius 3 is 2.24 bits per heavy atom. The number of hydrogen-bond acceptors (Lipinski definition) is 1. The van der Waals surface area contributed by atoms with Crippen molar-refractivity contribution in [1.29, 1.82) is 0 Å². The standard InChI is InChI=1S/C15H26N.Pb/c1-8-14(6)11(3)12(4)15(7,13(14)5)10(2)9-16;/h9-10,13H,8H2,1-7H3;/q-1;+1. The van der Waals surface area contributed by atoms with E-state index in [9.17, 15) is 0 Å². The van der Waals surface area contributed by atoms with Gasteiger partial charge in [0.2, 0.25) is 0 Å². The van der Waals surface area contributed by atoms with Gasteiger partial charge in [-0.3, -0.25) is 0 Å². The second-order valence-corrected chi connectivity index (χ2v) is 7.10. The molecule has 17 heavy (non-hydrogen) atoms. The molecule has 2 heteroatoms. The van der Waals surface area contributed by atoms with Crippen LogP contribution in [0.4, 0.5) is 0 Å². The molecule has 0 heterocycles. The number of hydrogen-bond donors (Lipinski definition) is 0. The Morgan fingerprint density at radius 2 is 1.88 bits per heavy atom. The summed E-state index contributed by atoms with van der Waals surface area (Å²) in [6.45, 7) is 16.6. The zero-order valence-electron chi connectivity index (χ0n) is 12.4. The molecule has 0 saturated heterocycles. The summed E-state index contributed by atoms with van der Waals surface area (Å²) < 4.78 is 4.38. The zero-order valence-corrected chi connectivity index (χ0v) is 16.3. The third-order valence-electron chi connectivity index (χ3n) is 6.06. The Balaban J connectivity index is 3.29. The first-order valence-corrected chi connectivity index (χ1v) is 8.39. The van der Waals surface area contributed by atoms with E-state index in [2.05, 4.69) is 57.5 Å². The fourth-order valence-electron chi connectivity index (χ4n) is 3.72. The van der Waals surface area contributed by atoms with Gasteiger partial charge in [-0.25, -0.2) is 0 Å². The molecule has 1 rings (SSSR count). The summed E-state index contributed by atoms with van der Waals surface area (Å²) in [7, 11) is 0. The van der Waals surface area contributed by atoms with Gasteiger partial charge in [0.25, 0.3) is 0 Å². The van der Waals surface area contributed by atoms with Gasteiger partial charge in [-0.05, 0) is 0 Å². The van der Waals surface area contributed by atoms with Crippen molar-refractivity contribution >= 4 is 32.3 Å². The fourth-order valence-corrected chi connectivity index (χ4v) is 4.59. The van der Waals surface area contributed by atoms with Crippen molar-refractivity contribution in [1.82, 2.24) is 0 Å². The minimum absolute atomic E-state index is 0.281. The van der Waals surface area contributed by atoms with Crippen LogP contribution in [0.15, 0.2) is 13.9 Å². The average Bonchev–Trinajstić information content (AvgIpc) is 2.45. The van der Waals surface area contributed by atoms with E-state index in [1.165, 1.54) is 6.42 Å². The molecule has 0 amide bonds. The van der Waals surface area contributed by atoms with Gasteiger partial charge in [0.1, 0.15) is 0 Å². The van der Waals surface area contributed by atoms with E-state index < -0.39 is 0 Å². The molecule has 4 atom stereocenters. The molecule has 0 aromatic rings.